The Hall–Kier alpha value is -2.41. The summed E-state index contributed by atoms with van der Waals surface area (Å²) in [4.78, 5) is 20.7. The molecule has 0 aliphatic heterocycles. The number of pyridine rings is 1. The van der Waals surface area contributed by atoms with E-state index in [9.17, 15) is 4.79 Å². The highest BCUT2D eigenvalue weighted by molar-refractivity contribution is 5.79. The van der Waals surface area contributed by atoms with Crippen LogP contribution in [0.25, 0.3) is 0 Å². The van der Waals surface area contributed by atoms with E-state index in [-0.39, 0.29) is 5.92 Å². The maximum atomic E-state index is 11.9. The molecule has 2 heterocycles. The number of hydrogen-bond donors (Lipinski definition) is 0. The highest BCUT2D eigenvalue weighted by Gasteiger charge is 2.34. The molecule has 1 unspecified atom stereocenters. The molecule has 0 radical (unpaired) electrons. The van der Waals surface area contributed by atoms with E-state index in [1.165, 1.54) is 14.2 Å². The maximum absolute atomic E-state index is 11.9. The number of carbonyl (C=O) groups is 1. The third-order valence-electron chi connectivity index (χ3n) is 4.40. The zero-order valence-electron chi connectivity index (χ0n) is 16.9. The number of ether oxygens (including phenoxy) is 3. The minimum Gasteiger partial charge on any atom is -0.477 e. The van der Waals surface area contributed by atoms with E-state index in [1.807, 2.05) is 26.8 Å². The minimum absolute atomic E-state index is 0.260. The Labute approximate surface area is 160 Å². The first kappa shape index (κ1) is 20.9. The summed E-state index contributed by atoms with van der Waals surface area (Å²) >= 11 is 0. The largest absolute Gasteiger partial charge is 0.477 e. The number of rotatable bonds is 9. The second-order valence-corrected chi connectivity index (χ2v) is 6.92. The summed E-state index contributed by atoms with van der Waals surface area (Å²) in [5, 5.41) is 0. The van der Waals surface area contributed by atoms with Gasteiger partial charge in [-0.2, -0.15) is 0 Å². The van der Waals surface area contributed by atoms with Gasteiger partial charge >= 0.3 is 5.97 Å². The van der Waals surface area contributed by atoms with Crippen LogP contribution in [0.4, 0.5) is 0 Å². The summed E-state index contributed by atoms with van der Waals surface area (Å²) < 4.78 is 21.5. The first-order valence-electron chi connectivity index (χ1n) is 8.96. The van der Waals surface area contributed by atoms with Crippen molar-refractivity contribution in [3.8, 4) is 5.88 Å². The molecule has 0 aliphatic rings. The number of aromatic nitrogens is 2. The van der Waals surface area contributed by atoms with Gasteiger partial charge in [0.15, 0.2) is 11.5 Å². The van der Waals surface area contributed by atoms with Crippen molar-refractivity contribution >= 4 is 5.97 Å². The lowest BCUT2D eigenvalue weighted by atomic mass is 9.97. The van der Waals surface area contributed by atoms with Crippen LogP contribution in [0.5, 0.6) is 5.88 Å². The van der Waals surface area contributed by atoms with Crippen LogP contribution in [-0.4, -0.2) is 42.4 Å². The minimum atomic E-state index is -1.04. The molecule has 1 atom stereocenters. The van der Waals surface area contributed by atoms with Gasteiger partial charge in [-0.25, -0.2) is 14.8 Å². The second kappa shape index (κ2) is 8.99. The number of aryl methyl sites for hydroxylation is 1. The molecule has 2 aromatic heterocycles. The van der Waals surface area contributed by atoms with Crippen molar-refractivity contribution in [3.05, 3.63) is 41.2 Å². The van der Waals surface area contributed by atoms with Gasteiger partial charge in [0, 0.05) is 38.1 Å². The fourth-order valence-electron chi connectivity index (χ4n) is 2.62. The van der Waals surface area contributed by atoms with Crippen LogP contribution in [0, 0.1) is 6.92 Å². The summed E-state index contributed by atoms with van der Waals surface area (Å²) in [6.45, 7) is 8.15. The maximum Gasteiger partial charge on any atom is 0.338 e. The molecule has 0 N–H and O–H groups in total. The molecule has 2 rings (SSSR count). The number of methoxy groups -OCH3 is 2. The van der Waals surface area contributed by atoms with Gasteiger partial charge in [-0.1, -0.05) is 19.9 Å². The standard InChI is InChI=1S/C20H28N2O5/c1-13(2)18-22-16(14(3)27-18)9-10-26-17-8-7-15(12-21-17)11-20(4,25-6)19(23)24-5/h7-8,12-13H,9-11H2,1-6H3. The van der Waals surface area contributed by atoms with Crippen molar-refractivity contribution in [2.24, 2.45) is 0 Å². The average molecular weight is 376 g/mol. The third-order valence-corrected chi connectivity index (χ3v) is 4.40. The van der Waals surface area contributed by atoms with Gasteiger partial charge in [-0.3, -0.25) is 0 Å². The van der Waals surface area contributed by atoms with Crippen LogP contribution >= 0.6 is 0 Å². The van der Waals surface area contributed by atoms with Crippen LogP contribution in [0.1, 0.15) is 49.6 Å². The zero-order valence-corrected chi connectivity index (χ0v) is 16.9. The van der Waals surface area contributed by atoms with Crippen LogP contribution < -0.4 is 4.74 Å². The van der Waals surface area contributed by atoms with Crippen molar-refractivity contribution in [2.45, 2.75) is 52.1 Å². The summed E-state index contributed by atoms with van der Waals surface area (Å²) in [5.74, 6) is 1.93. The molecule has 27 heavy (non-hydrogen) atoms. The fraction of sp³-hybridized carbons (Fsp3) is 0.550. The van der Waals surface area contributed by atoms with Crippen LogP contribution in [-0.2, 0) is 27.1 Å². The van der Waals surface area contributed by atoms with Gasteiger partial charge in [0.2, 0.25) is 5.88 Å². The molecule has 0 spiro atoms. The molecule has 148 valence electrons. The summed E-state index contributed by atoms with van der Waals surface area (Å²) in [7, 11) is 2.83. The van der Waals surface area contributed by atoms with E-state index in [0.29, 0.717) is 25.3 Å². The van der Waals surface area contributed by atoms with Crippen molar-refractivity contribution in [3.63, 3.8) is 0 Å². The lowest BCUT2D eigenvalue weighted by Gasteiger charge is -2.24. The average Bonchev–Trinajstić information content (AvgIpc) is 3.03. The Morgan fingerprint density at radius 1 is 1.30 bits per heavy atom. The van der Waals surface area contributed by atoms with Gasteiger partial charge in [0.25, 0.3) is 0 Å². The molecule has 0 amide bonds. The number of esters is 1. The number of hydrogen-bond acceptors (Lipinski definition) is 7. The molecule has 0 aliphatic carbocycles. The normalized spacial score (nSPS) is 13.4. The highest BCUT2D eigenvalue weighted by Crippen LogP contribution is 2.20. The SMILES string of the molecule is COC(=O)C(C)(Cc1ccc(OCCc2nc(C(C)C)oc2C)nc1)OC. The second-order valence-electron chi connectivity index (χ2n) is 6.92. The quantitative estimate of drug-likeness (QED) is 0.621. The number of oxazole rings is 1. The first-order chi connectivity index (χ1) is 12.8. The van der Waals surface area contributed by atoms with Crippen molar-refractivity contribution in [1.82, 2.24) is 9.97 Å². The van der Waals surface area contributed by atoms with Crippen LogP contribution in [0.2, 0.25) is 0 Å². The van der Waals surface area contributed by atoms with E-state index in [4.69, 9.17) is 18.6 Å². The molecule has 0 saturated heterocycles. The first-order valence-corrected chi connectivity index (χ1v) is 8.96. The molecular formula is C20H28N2O5. The topological polar surface area (TPSA) is 83.7 Å². The molecule has 0 saturated carbocycles. The predicted molar refractivity (Wildman–Crippen MR) is 99.9 cm³/mol. The third kappa shape index (κ3) is 5.29. The Kier molecular flexibility index (Phi) is 6.96. The Morgan fingerprint density at radius 3 is 2.56 bits per heavy atom. The fourth-order valence-corrected chi connectivity index (χ4v) is 2.62. The van der Waals surface area contributed by atoms with Gasteiger partial charge in [0.05, 0.1) is 19.4 Å². The predicted octanol–water partition coefficient (Wildman–Crippen LogP) is 3.24. The van der Waals surface area contributed by atoms with Crippen LogP contribution in [0.3, 0.4) is 0 Å². The molecular weight excluding hydrogens is 348 g/mol. The highest BCUT2D eigenvalue weighted by atomic mass is 16.6. The number of nitrogens with zero attached hydrogens (tertiary/aromatic N) is 2. The molecule has 0 fully saturated rings. The molecule has 7 nitrogen and oxygen atoms in total. The Balaban J connectivity index is 1.91. The van der Waals surface area contributed by atoms with Crippen LogP contribution in [0.15, 0.2) is 22.7 Å². The number of carbonyl (C=O) groups excluding carboxylic acids is 1. The molecule has 2 aromatic rings. The molecule has 0 bridgehead atoms. The lowest BCUT2D eigenvalue weighted by molar-refractivity contribution is -0.163. The van der Waals surface area contributed by atoms with Gasteiger partial charge in [-0.05, 0) is 19.4 Å². The van der Waals surface area contributed by atoms with Crippen molar-refractivity contribution in [2.75, 3.05) is 20.8 Å². The smallest absolute Gasteiger partial charge is 0.338 e. The monoisotopic (exact) mass is 376 g/mol. The van der Waals surface area contributed by atoms with E-state index in [0.717, 1.165) is 22.9 Å². The van der Waals surface area contributed by atoms with Crippen molar-refractivity contribution < 1.29 is 23.4 Å². The van der Waals surface area contributed by atoms with Gasteiger partial charge in [-0.15, -0.1) is 0 Å². The summed E-state index contributed by atoms with van der Waals surface area (Å²) in [6, 6.07) is 3.64. The van der Waals surface area contributed by atoms with E-state index in [2.05, 4.69) is 9.97 Å². The summed E-state index contributed by atoms with van der Waals surface area (Å²) in [5.41, 5.74) is 0.715. The molecule has 0 aromatic carbocycles. The van der Waals surface area contributed by atoms with Gasteiger partial charge < -0.3 is 18.6 Å². The Morgan fingerprint density at radius 2 is 2.04 bits per heavy atom. The zero-order chi connectivity index (χ0) is 20.0. The van der Waals surface area contributed by atoms with Gasteiger partial charge in [0.1, 0.15) is 5.76 Å². The lowest BCUT2D eigenvalue weighted by Crippen LogP contribution is -2.40. The van der Waals surface area contributed by atoms with E-state index < -0.39 is 11.6 Å². The molecule has 7 heteroatoms. The summed E-state index contributed by atoms with van der Waals surface area (Å²) in [6.07, 6.45) is 2.68. The van der Waals surface area contributed by atoms with E-state index in [1.54, 1.807) is 19.2 Å². The Bertz CT molecular complexity index is 754. The van der Waals surface area contributed by atoms with E-state index >= 15 is 0 Å². The van der Waals surface area contributed by atoms with Crippen molar-refractivity contribution in [1.29, 1.82) is 0 Å².